The minimum atomic E-state index is -0.696. The molecule has 0 saturated carbocycles. The van der Waals surface area contributed by atoms with Gasteiger partial charge in [0.2, 0.25) is 0 Å². The van der Waals surface area contributed by atoms with Crippen LogP contribution in [0.1, 0.15) is 53.9 Å². The summed E-state index contributed by atoms with van der Waals surface area (Å²) in [5.74, 6) is -0.239. The predicted octanol–water partition coefficient (Wildman–Crippen LogP) is 2.70. The molecule has 1 amide bonds. The molecule has 1 heterocycles. The van der Waals surface area contributed by atoms with Crippen molar-refractivity contribution in [1.29, 1.82) is 0 Å². The lowest BCUT2D eigenvalue weighted by Crippen LogP contribution is -2.49. The Labute approximate surface area is 126 Å². The third-order valence-corrected chi connectivity index (χ3v) is 3.31. The number of carbonyl (C=O) groups excluding carboxylic acids is 2. The van der Waals surface area contributed by atoms with Crippen molar-refractivity contribution < 1.29 is 23.8 Å². The molecule has 21 heavy (non-hydrogen) atoms. The molecule has 1 atom stereocenters. The average molecular weight is 301 g/mol. The van der Waals surface area contributed by atoms with E-state index in [1.54, 1.807) is 4.90 Å². The first kappa shape index (κ1) is 17.8. The Bertz CT molecular complexity index is 386. The van der Waals surface area contributed by atoms with Gasteiger partial charge in [0, 0.05) is 6.42 Å². The molecule has 1 rings (SSSR count). The lowest BCUT2D eigenvalue weighted by molar-refractivity contribution is -0.140. The Balaban J connectivity index is 2.66. The number of hydrogen-bond donors (Lipinski definition) is 0. The molecule has 0 spiro atoms. The van der Waals surface area contributed by atoms with Gasteiger partial charge in [-0.15, -0.1) is 0 Å². The lowest BCUT2D eigenvalue weighted by Gasteiger charge is -2.35. The minimum Gasteiger partial charge on any atom is -0.469 e. The molecule has 1 unspecified atom stereocenters. The standard InChI is InChI=1S/C15H27NO5/c1-14(2,3)21-13(18)16-11(10-20-15(16,4)5)8-7-9-12(17)19-6/h11H,7-10H2,1-6H3. The van der Waals surface area contributed by atoms with Gasteiger partial charge in [-0.25, -0.2) is 4.79 Å². The highest BCUT2D eigenvalue weighted by Gasteiger charge is 2.45. The number of ether oxygens (including phenoxy) is 3. The number of esters is 1. The number of methoxy groups -OCH3 is 1. The average Bonchev–Trinajstić information content (AvgIpc) is 2.62. The quantitative estimate of drug-likeness (QED) is 0.747. The number of rotatable bonds is 4. The van der Waals surface area contributed by atoms with Crippen LogP contribution in [-0.4, -0.2) is 48.0 Å². The van der Waals surface area contributed by atoms with Crippen LogP contribution in [0.4, 0.5) is 4.79 Å². The third kappa shape index (κ3) is 5.19. The largest absolute Gasteiger partial charge is 0.469 e. The second-order valence-corrected chi connectivity index (χ2v) is 6.73. The van der Waals surface area contributed by atoms with E-state index in [0.29, 0.717) is 25.9 Å². The molecule has 6 nitrogen and oxygen atoms in total. The van der Waals surface area contributed by atoms with Gasteiger partial charge in [-0.05, 0) is 47.5 Å². The minimum absolute atomic E-state index is 0.0838. The molecular formula is C15H27NO5. The van der Waals surface area contributed by atoms with E-state index in [-0.39, 0.29) is 18.1 Å². The van der Waals surface area contributed by atoms with Crippen molar-refractivity contribution in [2.24, 2.45) is 0 Å². The lowest BCUT2D eigenvalue weighted by atomic mass is 10.1. The van der Waals surface area contributed by atoms with E-state index in [4.69, 9.17) is 9.47 Å². The van der Waals surface area contributed by atoms with Crippen LogP contribution in [0.5, 0.6) is 0 Å². The van der Waals surface area contributed by atoms with Gasteiger partial charge in [0.05, 0.1) is 19.8 Å². The van der Waals surface area contributed by atoms with Gasteiger partial charge in [0.1, 0.15) is 11.3 Å². The Morgan fingerprint density at radius 1 is 1.33 bits per heavy atom. The second-order valence-electron chi connectivity index (χ2n) is 6.73. The smallest absolute Gasteiger partial charge is 0.412 e. The van der Waals surface area contributed by atoms with Gasteiger partial charge >= 0.3 is 12.1 Å². The molecular weight excluding hydrogens is 274 g/mol. The highest BCUT2D eigenvalue weighted by molar-refractivity contribution is 5.70. The van der Waals surface area contributed by atoms with Gasteiger partial charge < -0.3 is 14.2 Å². The summed E-state index contributed by atoms with van der Waals surface area (Å²) in [5.41, 5.74) is -1.25. The van der Waals surface area contributed by atoms with Crippen LogP contribution >= 0.6 is 0 Å². The number of hydrogen-bond acceptors (Lipinski definition) is 5. The van der Waals surface area contributed by atoms with Crippen LogP contribution in [0.25, 0.3) is 0 Å². The maximum absolute atomic E-state index is 12.4. The van der Waals surface area contributed by atoms with Crippen LogP contribution in [0.2, 0.25) is 0 Å². The first-order valence-corrected chi connectivity index (χ1v) is 7.30. The van der Waals surface area contributed by atoms with Gasteiger partial charge in [0.25, 0.3) is 0 Å². The molecule has 122 valence electrons. The fourth-order valence-corrected chi connectivity index (χ4v) is 2.36. The number of amides is 1. The van der Waals surface area contributed by atoms with Gasteiger partial charge in [-0.3, -0.25) is 9.69 Å². The molecule has 6 heteroatoms. The van der Waals surface area contributed by atoms with Crippen molar-refractivity contribution in [2.75, 3.05) is 13.7 Å². The van der Waals surface area contributed by atoms with Crippen molar-refractivity contribution in [3.63, 3.8) is 0 Å². The Morgan fingerprint density at radius 3 is 2.48 bits per heavy atom. The fraction of sp³-hybridized carbons (Fsp3) is 0.867. The number of nitrogens with zero attached hydrogens (tertiary/aromatic N) is 1. The second kappa shape index (κ2) is 6.64. The Morgan fingerprint density at radius 2 is 1.95 bits per heavy atom. The third-order valence-electron chi connectivity index (χ3n) is 3.31. The predicted molar refractivity (Wildman–Crippen MR) is 77.8 cm³/mol. The first-order valence-electron chi connectivity index (χ1n) is 7.30. The van der Waals surface area contributed by atoms with Crippen molar-refractivity contribution in [2.45, 2.75) is 71.2 Å². The van der Waals surface area contributed by atoms with Crippen LogP contribution in [0.3, 0.4) is 0 Å². The molecule has 0 radical (unpaired) electrons. The van der Waals surface area contributed by atoms with E-state index in [9.17, 15) is 9.59 Å². The first-order chi connectivity index (χ1) is 9.57. The molecule has 0 aromatic rings. The zero-order chi connectivity index (χ0) is 16.3. The molecule has 0 bridgehead atoms. The summed E-state index contributed by atoms with van der Waals surface area (Å²) in [7, 11) is 1.37. The highest BCUT2D eigenvalue weighted by atomic mass is 16.6. The van der Waals surface area contributed by atoms with Gasteiger partial charge in [-0.1, -0.05) is 0 Å². The van der Waals surface area contributed by atoms with E-state index in [0.717, 1.165) is 0 Å². The topological polar surface area (TPSA) is 65.1 Å². The van der Waals surface area contributed by atoms with Crippen molar-refractivity contribution in [1.82, 2.24) is 4.90 Å². The number of carbonyl (C=O) groups is 2. The summed E-state index contributed by atoms with van der Waals surface area (Å²) in [6.07, 6.45) is 1.29. The van der Waals surface area contributed by atoms with E-state index < -0.39 is 11.3 Å². The Hall–Kier alpha value is -1.30. The fourth-order valence-electron chi connectivity index (χ4n) is 2.36. The molecule has 1 saturated heterocycles. The summed E-state index contributed by atoms with van der Waals surface area (Å²) in [6.45, 7) is 9.64. The van der Waals surface area contributed by atoms with E-state index in [1.165, 1.54) is 7.11 Å². The van der Waals surface area contributed by atoms with Crippen LogP contribution in [0.15, 0.2) is 0 Å². The molecule has 1 fully saturated rings. The normalized spacial score (nSPS) is 21.2. The zero-order valence-corrected chi connectivity index (χ0v) is 13.9. The Kier molecular flexibility index (Phi) is 5.61. The molecule has 0 aromatic heterocycles. The monoisotopic (exact) mass is 301 g/mol. The highest BCUT2D eigenvalue weighted by Crippen LogP contribution is 2.31. The maximum atomic E-state index is 12.4. The van der Waals surface area contributed by atoms with E-state index in [2.05, 4.69) is 4.74 Å². The van der Waals surface area contributed by atoms with Crippen LogP contribution in [0, 0.1) is 0 Å². The van der Waals surface area contributed by atoms with Crippen molar-refractivity contribution in [3.8, 4) is 0 Å². The summed E-state index contributed by atoms with van der Waals surface area (Å²) in [5, 5.41) is 0. The molecule has 0 aromatic carbocycles. The summed E-state index contributed by atoms with van der Waals surface area (Å²) in [4.78, 5) is 25.2. The van der Waals surface area contributed by atoms with E-state index >= 15 is 0 Å². The van der Waals surface area contributed by atoms with Crippen molar-refractivity contribution in [3.05, 3.63) is 0 Å². The molecule has 0 aliphatic carbocycles. The maximum Gasteiger partial charge on any atom is 0.412 e. The molecule has 0 N–H and O–H groups in total. The molecule has 1 aliphatic heterocycles. The van der Waals surface area contributed by atoms with Gasteiger partial charge in [0.15, 0.2) is 0 Å². The zero-order valence-electron chi connectivity index (χ0n) is 13.9. The van der Waals surface area contributed by atoms with Crippen LogP contribution < -0.4 is 0 Å². The SMILES string of the molecule is COC(=O)CCCC1COC(C)(C)N1C(=O)OC(C)(C)C. The van der Waals surface area contributed by atoms with Crippen LogP contribution in [-0.2, 0) is 19.0 Å². The summed E-state index contributed by atoms with van der Waals surface area (Å²) < 4.78 is 15.8. The summed E-state index contributed by atoms with van der Waals surface area (Å²) >= 11 is 0. The van der Waals surface area contributed by atoms with Gasteiger partial charge in [-0.2, -0.15) is 0 Å². The van der Waals surface area contributed by atoms with Crippen molar-refractivity contribution >= 4 is 12.1 Å². The van der Waals surface area contributed by atoms with E-state index in [1.807, 2.05) is 34.6 Å². The summed E-state index contributed by atoms with van der Waals surface area (Å²) in [6, 6.07) is -0.0838. The molecule has 1 aliphatic rings.